The number of hydrogen-bond acceptors (Lipinski definition) is 4. The Bertz CT molecular complexity index is 407. The van der Waals surface area contributed by atoms with Crippen molar-refractivity contribution in [2.24, 2.45) is 0 Å². The molecule has 0 aromatic heterocycles. The highest BCUT2D eigenvalue weighted by Crippen LogP contribution is 2.28. The molecule has 2 N–H and O–H groups in total. The molecule has 0 radical (unpaired) electrons. The zero-order valence-corrected chi connectivity index (χ0v) is 12.9. The number of nitriles is 1. The predicted molar refractivity (Wildman–Crippen MR) is 78.4 cm³/mol. The number of nitrogens with zero attached hydrogens (tertiary/aromatic N) is 1. The molecule has 0 atom stereocenters. The second-order valence-electron chi connectivity index (χ2n) is 5.76. The molecule has 0 bridgehead atoms. The van der Waals surface area contributed by atoms with Crippen molar-refractivity contribution in [1.82, 2.24) is 5.32 Å². The van der Waals surface area contributed by atoms with E-state index >= 15 is 0 Å². The lowest BCUT2D eigenvalue weighted by Gasteiger charge is -2.27. The Morgan fingerprint density at radius 3 is 2.30 bits per heavy atom. The second kappa shape index (κ2) is 6.98. The fourth-order valence-electron chi connectivity index (χ4n) is 2.21. The molecule has 1 aliphatic carbocycles. The molecular formula is C14H22N2O3S. The zero-order chi connectivity index (χ0) is 15.2. The maximum atomic E-state index is 12.0. The monoisotopic (exact) mass is 298 g/mol. The number of amides is 1. The first kappa shape index (κ1) is 16.8. The van der Waals surface area contributed by atoms with Gasteiger partial charge in [0.05, 0.1) is 11.8 Å². The Labute approximate surface area is 124 Å². The summed E-state index contributed by atoms with van der Waals surface area (Å²) in [6.07, 6.45) is 5.45. The zero-order valence-electron chi connectivity index (χ0n) is 12.1. The lowest BCUT2D eigenvalue weighted by molar-refractivity contribution is -0.138. The summed E-state index contributed by atoms with van der Waals surface area (Å²) < 4.78 is -0.999. The van der Waals surface area contributed by atoms with Crippen molar-refractivity contribution in [3.63, 3.8) is 0 Å². The van der Waals surface area contributed by atoms with Gasteiger partial charge in [-0.1, -0.05) is 25.7 Å². The van der Waals surface area contributed by atoms with Gasteiger partial charge in [-0.25, -0.2) is 0 Å². The molecular weight excluding hydrogens is 276 g/mol. The lowest BCUT2D eigenvalue weighted by Crippen LogP contribution is -2.48. The van der Waals surface area contributed by atoms with Crippen LogP contribution in [-0.2, 0) is 9.59 Å². The second-order valence-corrected chi connectivity index (χ2v) is 7.36. The number of aliphatic carboxylic acids is 1. The Hall–Kier alpha value is -1.22. The Morgan fingerprint density at radius 1 is 1.30 bits per heavy atom. The topological polar surface area (TPSA) is 90.2 Å². The Balaban J connectivity index is 2.56. The number of thioether (sulfide) groups is 1. The van der Waals surface area contributed by atoms with Crippen LogP contribution in [0.25, 0.3) is 0 Å². The molecule has 0 heterocycles. The fourth-order valence-corrected chi connectivity index (χ4v) is 2.90. The molecule has 20 heavy (non-hydrogen) atoms. The molecule has 0 aromatic carbocycles. The van der Waals surface area contributed by atoms with Gasteiger partial charge in [-0.05, 0) is 26.7 Å². The normalized spacial score (nSPS) is 18.6. The van der Waals surface area contributed by atoms with Crippen LogP contribution in [0.2, 0.25) is 0 Å². The highest BCUT2D eigenvalue weighted by Gasteiger charge is 2.34. The molecule has 5 nitrogen and oxygen atoms in total. The van der Waals surface area contributed by atoms with Gasteiger partial charge in [0.1, 0.15) is 10.3 Å². The van der Waals surface area contributed by atoms with Crippen LogP contribution < -0.4 is 5.32 Å². The van der Waals surface area contributed by atoms with Crippen molar-refractivity contribution in [3.05, 3.63) is 0 Å². The van der Waals surface area contributed by atoms with Gasteiger partial charge in [-0.15, -0.1) is 11.8 Å². The summed E-state index contributed by atoms with van der Waals surface area (Å²) in [7, 11) is 0. The maximum Gasteiger partial charge on any atom is 0.319 e. The Kier molecular flexibility index (Phi) is 5.88. The van der Waals surface area contributed by atoms with Gasteiger partial charge in [0, 0.05) is 0 Å². The molecule has 1 amide bonds. The minimum atomic E-state index is -0.999. The Morgan fingerprint density at radius 2 is 1.85 bits per heavy atom. The van der Waals surface area contributed by atoms with Gasteiger partial charge in [0.25, 0.3) is 0 Å². The molecule has 1 rings (SSSR count). The van der Waals surface area contributed by atoms with E-state index in [1.165, 1.54) is 0 Å². The third-order valence-electron chi connectivity index (χ3n) is 3.63. The van der Waals surface area contributed by atoms with Crippen LogP contribution in [0.15, 0.2) is 0 Å². The van der Waals surface area contributed by atoms with Crippen molar-refractivity contribution >= 4 is 23.6 Å². The first-order chi connectivity index (χ1) is 9.31. The molecule has 6 heteroatoms. The molecule has 0 spiro atoms. The fraction of sp³-hybridized carbons (Fsp3) is 0.786. The average molecular weight is 298 g/mol. The minimum absolute atomic E-state index is 0.0583. The summed E-state index contributed by atoms with van der Waals surface area (Å²) in [5.74, 6) is -1.14. The van der Waals surface area contributed by atoms with E-state index < -0.39 is 16.3 Å². The molecule has 1 fully saturated rings. The molecule has 1 saturated carbocycles. The van der Waals surface area contributed by atoms with E-state index in [9.17, 15) is 14.9 Å². The van der Waals surface area contributed by atoms with E-state index in [1.54, 1.807) is 13.8 Å². The van der Waals surface area contributed by atoms with Crippen LogP contribution in [0, 0.1) is 11.3 Å². The third-order valence-corrected chi connectivity index (χ3v) is 4.93. The minimum Gasteiger partial charge on any atom is -0.480 e. The van der Waals surface area contributed by atoms with Crippen LogP contribution in [-0.4, -0.2) is 33.0 Å². The third kappa shape index (κ3) is 4.71. The van der Waals surface area contributed by atoms with Crippen molar-refractivity contribution in [2.45, 2.75) is 62.7 Å². The van der Waals surface area contributed by atoms with E-state index in [0.717, 1.165) is 37.4 Å². The number of carboxylic acid groups (broad SMARTS) is 1. The number of nitrogens with one attached hydrogen (secondary N) is 1. The van der Waals surface area contributed by atoms with E-state index in [1.807, 2.05) is 0 Å². The van der Waals surface area contributed by atoms with E-state index in [0.29, 0.717) is 12.8 Å². The number of carbonyl (C=O) groups excluding carboxylic acids is 1. The van der Waals surface area contributed by atoms with Crippen LogP contribution in [0.3, 0.4) is 0 Å². The summed E-state index contributed by atoms with van der Waals surface area (Å²) in [6.45, 7) is 3.14. The highest BCUT2D eigenvalue weighted by atomic mass is 32.2. The summed E-state index contributed by atoms with van der Waals surface area (Å²) in [5.41, 5.74) is -0.762. The first-order valence-corrected chi connectivity index (χ1v) is 7.89. The number of carbonyl (C=O) groups is 2. The van der Waals surface area contributed by atoms with Gasteiger partial charge in [-0.2, -0.15) is 5.26 Å². The highest BCUT2D eigenvalue weighted by molar-refractivity contribution is 8.01. The van der Waals surface area contributed by atoms with Crippen molar-refractivity contribution in [3.8, 4) is 6.07 Å². The van der Waals surface area contributed by atoms with Gasteiger partial charge in [0.15, 0.2) is 0 Å². The molecule has 0 unspecified atom stereocenters. The summed E-state index contributed by atoms with van der Waals surface area (Å²) in [5, 5.41) is 21.2. The molecule has 0 saturated heterocycles. The van der Waals surface area contributed by atoms with Crippen molar-refractivity contribution in [2.75, 3.05) is 5.75 Å². The number of carboxylic acids is 1. The standard InChI is InChI=1S/C14H22N2O3S/c1-13(2,12(18)19)20-9-11(17)16-14(10-15)7-5-3-4-6-8-14/h3-9H2,1-2H3,(H,16,17)(H,18,19). The van der Waals surface area contributed by atoms with E-state index in [4.69, 9.17) is 5.11 Å². The van der Waals surface area contributed by atoms with Crippen LogP contribution in [0.5, 0.6) is 0 Å². The van der Waals surface area contributed by atoms with Crippen molar-refractivity contribution in [1.29, 1.82) is 5.26 Å². The summed E-state index contributed by atoms with van der Waals surface area (Å²) in [6, 6.07) is 2.25. The number of hydrogen-bond donors (Lipinski definition) is 2. The quantitative estimate of drug-likeness (QED) is 0.760. The molecule has 112 valence electrons. The average Bonchev–Trinajstić information content (AvgIpc) is 2.62. The smallest absolute Gasteiger partial charge is 0.319 e. The van der Waals surface area contributed by atoms with Gasteiger partial charge < -0.3 is 10.4 Å². The predicted octanol–water partition coefficient (Wildman–Crippen LogP) is 2.32. The van der Waals surface area contributed by atoms with Gasteiger partial charge >= 0.3 is 5.97 Å². The maximum absolute atomic E-state index is 12.0. The first-order valence-electron chi connectivity index (χ1n) is 6.91. The molecule has 0 aromatic rings. The van der Waals surface area contributed by atoms with Crippen LogP contribution >= 0.6 is 11.8 Å². The lowest BCUT2D eigenvalue weighted by atomic mass is 9.92. The van der Waals surface area contributed by atoms with Crippen molar-refractivity contribution < 1.29 is 14.7 Å². The van der Waals surface area contributed by atoms with Crippen LogP contribution in [0.1, 0.15) is 52.4 Å². The molecule has 1 aliphatic rings. The number of rotatable bonds is 5. The van der Waals surface area contributed by atoms with Crippen LogP contribution in [0.4, 0.5) is 0 Å². The van der Waals surface area contributed by atoms with Gasteiger partial charge in [-0.3, -0.25) is 9.59 Å². The van der Waals surface area contributed by atoms with E-state index in [-0.39, 0.29) is 11.7 Å². The largest absolute Gasteiger partial charge is 0.480 e. The van der Waals surface area contributed by atoms with Gasteiger partial charge in [0.2, 0.25) is 5.91 Å². The molecule has 0 aliphatic heterocycles. The SMILES string of the molecule is CC(C)(SCC(=O)NC1(C#N)CCCCCC1)C(=O)O. The van der Waals surface area contributed by atoms with E-state index in [2.05, 4.69) is 11.4 Å². The summed E-state index contributed by atoms with van der Waals surface area (Å²) >= 11 is 1.08. The summed E-state index contributed by atoms with van der Waals surface area (Å²) in [4.78, 5) is 23.0.